The Bertz CT molecular complexity index is 1230. The third-order valence-electron chi connectivity index (χ3n) is 4.71. The van der Waals surface area contributed by atoms with Gasteiger partial charge in [-0.3, -0.25) is 0 Å². The van der Waals surface area contributed by atoms with Crippen LogP contribution in [-0.4, -0.2) is 0 Å². The van der Waals surface area contributed by atoms with E-state index in [1.54, 1.807) is 6.26 Å². The average molecular weight is 314 g/mol. The zero-order chi connectivity index (χ0) is 16.3. The topological polar surface area (TPSA) is 30.2 Å². The average Bonchev–Trinajstić information content (AvgIpc) is 3.16. The van der Waals surface area contributed by atoms with E-state index in [2.05, 4.69) is 55.5 Å². The first-order valence-electron chi connectivity index (χ1n) is 8.00. The number of hydrogen-bond donors (Lipinski definition) is 0. The zero-order valence-electron chi connectivity index (χ0n) is 13.5. The molecule has 116 valence electrons. The summed E-state index contributed by atoms with van der Waals surface area (Å²) in [6.07, 6.45) is 3.61. The van der Waals surface area contributed by atoms with Gasteiger partial charge in [-0.05, 0) is 35.4 Å². The molecule has 0 aliphatic heterocycles. The van der Waals surface area contributed by atoms with Crippen molar-refractivity contribution in [3.63, 3.8) is 0 Å². The molecule has 0 aliphatic rings. The minimum Gasteiger partial charge on any atom is -0.455 e. The molecule has 3 aromatic carbocycles. The number of rotatable bonds is 1. The van der Waals surface area contributed by atoms with E-state index in [-0.39, 0.29) is 0 Å². The van der Waals surface area contributed by atoms with E-state index in [0.29, 0.717) is 0 Å². The number of nitrogens with zero attached hydrogens (tertiary/aromatic N) is 1. The number of aryl methyl sites for hydroxylation is 2. The third kappa shape index (κ3) is 1.75. The van der Waals surface area contributed by atoms with Gasteiger partial charge in [0.25, 0.3) is 0 Å². The lowest BCUT2D eigenvalue weighted by molar-refractivity contribution is -0.662. The Hall–Kier alpha value is -3.07. The summed E-state index contributed by atoms with van der Waals surface area (Å²) in [4.78, 5) is 0. The minimum atomic E-state index is 0.807. The Balaban J connectivity index is 1.95. The molecule has 0 spiro atoms. The fourth-order valence-electron chi connectivity index (χ4n) is 3.46. The fraction of sp³-hybridized carbons (Fsp3) is 0.0952. The van der Waals surface area contributed by atoms with E-state index in [0.717, 1.165) is 39.0 Å². The summed E-state index contributed by atoms with van der Waals surface area (Å²) in [5.74, 6) is 0.807. The van der Waals surface area contributed by atoms with Gasteiger partial charge >= 0.3 is 5.89 Å². The zero-order valence-corrected chi connectivity index (χ0v) is 13.5. The van der Waals surface area contributed by atoms with Crippen molar-refractivity contribution in [3.05, 3.63) is 66.6 Å². The summed E-state index contributed by atoms with van der Waals surface area (Å²) in [6.45, 7) is 2.08. The molecule has 0 N–H and O–H groups in total. The van der Waals surface area contributed by atoms with E-state index in [4.69, 9.17) is 8.83 Å². The molecule has 0 saturated heterocycles. The second-order valence-corrected chi connectivity index (χ2v) is 6.25. The summed E-state index contributed by atoms with van der Waals surface area (Å²) >= 11 is 0. The van der Waals surface area contributed by atoms with Crippen molar-refractivity contribution in [2.24, 2.45) is 7.05 Å². The normalized spacial score (nSPS) is 11.8. The molecule has 24 heavy (non-hydrogen) atoms. The van der Waals surface area contributed by atoms with Crippen molar-refractivity contribution in [1.29, 1.82) is 0 Å². The lowest BCUT2D eigenvalue weighted by Crippen LogP contribution is -2.27. The van der Waals surface area contributed by atoms with Gasteiger partial charge in [0.15, 0.2) is 11.8 Å². The molecule has 0 fully saturated rings. The first kappa shape index (κ1) is 13.4. The monoisotopic (exact) mass is 314 g/mol. The number of aromatic nitrogens is 1. The van der Waals surface area contributed by atoms with Crippen LogP contribution >= 0.6 is 0 Å². The molecule has 2 aromatic heterocycles. The standard InChI is InChI=1S/C21H16NO2/c1-13-7-8-16-17-11-14-5-3-4-6-15(14)12-18(17)24-20(16)19(13)21-22(2)9-10-23-21/h3-12H,1-2H3/q+1. The van der Waals surface area contributed by atoms with Gasteiger partial charge < -0.3 is 8.83 Å². The molecule has 0 bridgehead atoms. The molecule has 5 rings (SSSR count). The molecule has 0 aliphatic carbocycles. The third-order valence-corrected chi connectivity index (χ3v) is 4.71. The molecule has 3 heteroatoms. The smallest absolute Gasteiger partial charge is 0.384 e. The Morgan fingerprint density at radius 3 is 2.46 bits per heavy atom. The van der Waals surface area contributed by atoms with Crippen molar-refractivity contribution in [1.82, 2.24) is 0 Å². The first-order chi connectivity index (χ1) is 11.7. The van der Waals surface area contributed by atoms with Crippen molar-refractivity contribution in [3.8, 4) is 11.5 Å². The van der Waals surface area contributed by atoms with Gasteiger partial charge in [-0.2, -0.15) is 4.57 Å². The highest BCUT2D eigenvalue weighted by atomic mass is 16.4. The first-order valence-corrected chi connectivity index (χ1v) is 8.00. The van der Waals surface area contributed by atoms with Gasteiger partial charge in [0.2, 0.25) is 6.20 Å². The Morgan fingerprint density at radius 1 is 0.917 bits per heavy atom. The minimum absolute atomic E-state index is 0.807. The summed E-state index contributed by atoms with van der Waals surface area (Å²) in [7, 11) is 1.98. The van der Waals surface area contributed by atoms with Crippen LogP contribution in [0.1, 0.15) is 5.56 Å². The van der Waals surface area contributed by atoms with Crippen LogP contribution in [0.15, 0.2) is 69.8 Å². The van der Waals surface area contributed by atoms with E-state index < -0.39 is 0 Å². The van der Waals surface area contributed by atoms with Gasteiger partial charge in [-0.1, -0.05) is 36.4 Å². The molecule has 5 aromatic rings. The SMILES string of the molecule is Cc1ccc2c(oc3cc4ccccc4cc32)c1-c1occ[n+]1C. The Kier molecular flexibility index (Phi) is 2.63. The summed E-state index contributed by atoms with van der Waals surface area (Å²) in [5.41, 5.74) is 3.94. The summed E-state index contributed by atoms with van der Waals surface area (Å²) in [5, 5.41) is 4.66. The number of hydrogen-bond acceptors (Lipinski definition) is 2. The molecular formula is C21H16NO2+. The lowest BCUT2D eigenvalue weighted by atomic mass is 10.0. The largest absolute Gasteiger partial charge is 0.455 e. The van der Waals surface area contributed by atoms with Crippen molar-refractivity contribution in [2.45, 2.75) is 6.92 Å². The van der Waals surface area contributed by atoms with Crippen LogP contribution in [0.25, 0.3) is 44.2 Å². The second-order valence-electron chi connectivity index (χ2n) is 6.25. The molecule has 0 saturated carbocycles. The van der Waals surface area contributed by atoms with Crippen LogP contribution in [0.5, 0.6) is 0 Å². The van der Waals surface area contributed by atoms with Crippen LogP contribution < -0.4 is 4.57 Å². The van der Waals surface area contributed by atoms with Gasteiger partial charge in [-0.15, -0.1) is 0 Å². The molecule has 0 atom stereocenters. The molecule has 0 unspecified atom stereocenters. The maximum absolute atomic E-state index is 6.28. The van der Waals surface area contributed by atoms with Crippen LogP contribution in [-0.2, 0) is 7.05 Å². The van der Waals surface area contributed by atoms with Crippen molar-refractivity contribution < 1.29 is 13.4 Å². The quantitative estimate of drug-likeness (QED) is 0.401. The maximum atomic E-state index is 6.28. The summed E-state index contributed by atoms with van der Waals surface area (Å²) in [6, 6.07) is 17.0. The lowest BCUT2D eigenvalue weighted by Gasteiger charge is -2.00. The van der Waals surface area contributed by atoms with Crippen LogP contribution in [0.3, 0.4) is 0 Å². The molecular weight excluding hydrogens is 298 g/mol. The van der Waals surface area contributed by atoms with E-state index in [9.17, 15) is 0 Å². The maximum Gasteiger partial charge on any atom is 0.384 e. The highest BCUT2D eigenvalue weighted by Crippen LogP contribution is 2.38. The van der Waals surface area contributed by atoms with Crippen molar-refractivity contribution >= 4 is 32.7 Å². The second kappa shape index (κ2) is 4.71. The Labute approximate surface area is 138 Å². The highest BCUT2D eigenvalue weighted by Gasteiger charge is 2.23. The number of furan rings is 1. The van der Waals surface area contributed by atoms with E-state index in [1.807, 2.05) is 17.8 Å². The van der Waals surface area contributed by atoms with Gasteiger partial charge in [0, 0.05) is 10.8 Å². The molecule has 2 heterocycles. The van der Waals surface area contributed by atoms with Crippen LogP contribution in [0.4, 0.5) is 0 Å². The van der Waals surface area contributed by atoms with Gasteiger partial charge in [0.05, 0.1) is 0 Å². The molecule has 3 nitrogen and oxygen atoms in total. The van der Waals surface area contributed by atoms with Crippen molar-refractivity contribution in [2.75, 3.05) is 0 Å². The van der Waals surface area contributed by atoms with Crippen LogP contribution in [0, 0.1) is 6.92 Å². The molecule has 0 amide bonds. The van der Waals surface area contributed by atoms with Crippen LogP contribution in [0.2, 0.25) is 0 Å². The van der Waals surface area contributed by atoms with E-state index in [1.165, 1.54) is 10.8 Å². The number of fused-ring (bicyclic) bond motifs is 4. The number of benzene rings is 3. The number of oxazole rings is 1. The van der Waals surface area contributed by atoms with Gasteiger partial charge in [0.1, 0.15) is 18.2 Å². The predicted molar refractivity (Wildman–Crippen MR) is 94.8 cm³/mol. The fourth-order valence-corrected chi connectivity index (χ4v) is 3.46. The molecule has 0 radical (unpaired) electrons. The Morgan fingerprint density at radius 2 is 1.71 bits per heavy atom. The van der Waals surface area contributed by atoms with E-state index >= 15 is 0 Å². The highest BCUT2D eigenvalue weighted by molar-refractivity contribution is 6.13. The summed E-state index contributed by atoms with van der Waals surface area (Å²) < 4.78 is 14.0. The van der Waals surface area contributed by atoms with Gasteiger partial charge in [-0.25, -0.2) is 0 Å². The predicted octanol–water partition coefficient (Wildman–Crippen LogP) is 5.13.